The molecule has 0 amide bonds. The zero-order valence-corrected chi connectivity index (χ0v) is 8.79. The van der Waals surface area contributed by atoms with Gasteiger partial charge in [-0.15, -0.1) is 5.56 Å². The first-order valence-electron chi connectivity index (χ1n) is 3.98. The molecule has 2 rings (SSSR count). The second-order valence-corrected chi connectivity index (χ2v) is 2.65. The summed E-state index contributed by atoms with van der Waals surface area (Å²) in [6, 6.07) is 21.3. The second kappa shape index (κ2) is 4.94. The van der Waals surface area contributed by atoms with Gasteiger partial charge in [-0.2, -0.15) is 30.3 Å². The second-order valence-electron chi connectivity index (χ2n) is 2.65. The van der Waals surface area contributed by atoms with Gasteiger partial charge in [0.25, 0.3) is 0 Å². The number of rotatable bonds is 1. The van der Waals surface area contributed by atoms with E-state index in [1.54, 1.807) is 0 Å². The maximum absolute atomic E-state index is 3.00. The zero-order valence-electron chi connectivity index (χ0n) is 7.05. The molecular weight excluding hydrogens is 245 g/mol. The van der Waals surface area contributed by atoms with E-state index in [0.29, 0.717) is 0 Å². The third kappa shape index (κ3) is 2.50. The molecule has 0 aliphatic carbocycles. The molecule has 0 saturated heterocycles. The molecule has 0 heterocycles. The van der Waals surface area contributed by atoms with E-state index in [9.17, 15) is 0 Å². The van der Waals surface area contributed by atoms with E-state index in [1.165, 1.54) is 11.1 Å². The molecule has 0 saturated carbocycles. The van der Waals surface area contributed by atoms with Crippen LogP contribution < -0.4 is 0 Å². The monoisotopic (exact) mass is 255 g/mol. The summed E-state index contributed by atoms with van der Waals surface area (Å²) in [5, 5.41) is 0. The van der Waals surface area contributed by atoms with Crippen LogP contribution in [-0.4, -0.2) is 0 Å². The van der Waals surface area contributed by atoms with E-state index in [-0.39, 0.29) is 19.5 Å². The van der Waals surface area contributed by atoms with Gasteiger partial charge >= 0.3 is 19.5 Å². The van der Waals surface area contributed by atoms with Crippen molar-refractivity contribution in [1.82, 2.24) is 0 Å². The summed E-state index contributed by atoms with van der Waals surface area (Å²) in [5.74, 6) is 0. The van der Waals surface area contributed by atoms with Crippen molar-refractivity contribution >= 4 is 0 Å². The van der Waals surface area contributed by atoms with Crippen molar-refractivity contribution in [2.75, 3.05) is 0 Å². The number of hydrogen-bond donors (Lipinski definition) is 0. The van der Waals surface area contributed by atoms with Crippen molar-refractivity contribution in [2.24, 2.45) is 0 Å². The number of benzene rings is 2. The molecule has 0 N–H and O–H groups in total. The summed E-state index contributed by atoms with van der Waals surface area (Å²) in [7, 11) is 0. The van der Waals surface area contributed by atoms with Gasteiger partial charge in [-0.3, -0.25) is 0 Å². The fourth-order valence-electron chi connectivity index (χ4n) is 1.21. The van der Waals surface area contributed by atoms with E-state index in [2.05, 4.69) is 30.3 Å². The van der Waals surface area contributed by atoms with Crippen molar-refractivity contribution < 1.29 is 19.5 Å². The molecule has 0 nitrogen and oxygen atoms in total. The van der Waals surface area contributed by atoms with E-state index < -0.39 is 0 Å². The van der Waals surface area contributed by atoms with Crippen molar-refractivity contribution in [3.63, 3.8) is 0 Å². The quantitative estimate of drug-likeness (QED) is 0.541. The normalized spacial score (nSPS) is 8.92. The first-order chi connectivity index (χ1) is 5.97. The predicted molar refractivity (Wildman–Crippen MR) is 50.7 cm³/mol. The van der Waals surface area contributed by atoms with E-state index >= 15 is 0 Å². The molecule has 1 heteroatoms. The van der Waals surface area contributed by atoms with Crippen molar-refractivity contribution in [3.05, 3.63) is 60.7 Å². The first kappa shape index (κ1) is 10.1. The van der Waals surface area contributed by atoms with Gasteiger partial charge in [-0.1, -0.05) is 30.3 Å². The minimum atomic E-state index is 0. The average Bonchev–Trinajstić information content (AvgIpc) is 2.21. The molecular formula is C12H9Ru. The van der Waals surface area contributed by atoms with Crippen LogP contribution in [0.25, 0.3) is 11.1 Å². The van der Waals surface area contributed by atoms with Crippen molar-refractivity contribution in [3.8, 4) is 11.1 Å². The largest absolute Gasteiger partial charge is 1.00 e. The zero-order chi connectivity index (χ0) is 8.23. The Labute approximate surface area is 91.4 Å². The fourth-order valence-corrected chi connectivity index (χ4v) is 1.21. The van der Waals surface area contributed by atoms with E-state index in [1.807, 2.05) is 30.3 Å². The summed E-state index contributed by atoms with van der Waals surface area (Å²) in [5.41, 5.74) is 2.50. The Kier molecular flexibility index (Phi) is 3.85. The van der Waals surface area contributed by atoms with Gasteiger partial charge in [0.1, 0.15) is 0 Å². The van der Waals surface area contributed by atoms with Crippen LogP contribution in [0, 0.1) is 6.07 Å². The number of hydrogen-bond acceptors (Lipinski definition) is 0. The molecule has 0 aromatic heterocycles. The van der Waals surface area contributed by atoms with Crippen LogP contribution in [0.3, 0.4) is 0 Å². The van der Waals surface area contributed by atoms with Crippen LogP contribution in [0.15, 0.2) is 54.6 Å². The summed E-state index contributed by atoms with van der Waals surface area (Å²) < 4.78 is 0. The third-order valence-corrected chi connectivity index (χ3v) is 1.83. The molecule has 2 aromatic rings. The molecule has 0 spiro atoms. The Bertz CT molecular complexity index is 303. The van der Waals surface area contributed by atoms with Crippen LogP contribution in [0.5, 0.6) is 0 Å². The Balaban J connectivity index is 0.000000845. The molecule has 65 valence electrons. The first-order valence-corrected chi connectivity index (χ1v) is 3.98. The smallest absolute Gasteiger partial charge is 0.184 e. The summed E-state index contributed by atoms with van der Waals surface area (Å²) in [6.07, 6.45) is 0. The average molecular weight is 254 g/mol. The van der Waals surface area contributed by atoms with Crippen LogP contribution in [0.2, 0.25) is 0 Å². The molecule has 0 aliphatic rings. The van der Waals surface area contributed by atoms with E-state index in [4.69, 9.17) is 0 Å². The molecule has 13 heavy (non-hydrogen) atoms. The third-order valence-electron chi connectivity index (χ3n) is 1.83. The molecule has 1 radical (unpaired) electrons. The van der Waals surface area contributed by atoms with Crippen LogP contribution in [0.4, 0.5) is 0 Å². The van der Waals surface area contributed by atoms with E-state index in [0.717, 1.165) is 0 Å². The Morgan fingerprint density at radius 2 is 1.23 bits per heavy atom. The summed E-state index contributed by atoms with van der Waals surface area (Å²) >= 11 is 0. The molecule has 0 bridgehead atoms. The Morgan fingerprint density at radius 1 is 0.692 bits per heavy atom. The van der Waals surface area contributed by atoms with Gasteiger partial charge in [0.15, 0.2) is 0 Å². The predicted octanol–water partition coefficient (Wildman–Crippen LogP) is 3.15. The minimum Gasteiger partial charge on any atom is -0.184 e. The molecule has 0 fully saturated rings. The van der Waals surface area contributed by atoms with Gasteiger partial charge in [-0.05, 0) is 5.56 Å². The molecule has 0 aliphatic heterocycles. The molecule has 0 unspecified atom stereocenters. The molecule has 2 aromatic carbocycles. The van der Waals surface area contributed by atoms with Crippen molar-refractivity contribution in [1.29, 1.82) is 0 Å². The van der Waals surface area contributed by atoms with Crippen LogP contribution in [0.1, 0.15) is 0 Å². The van der Waals surface area contributed by atoms with Crippen molar-refractivity contribution in [2.45, 2.75) is 0 Å². The SMILES string of the molecule is [Ru+].[c-]1ccc(-c2ccccc2)cc1. The maximum Gasteiger partial charge on any atom is 1.00 e. The standard InChI is InChI=1S/C12H9.Ru/c1-3-7-11(8-4-1)12-9-5-2-6-10-12;/h1,3-10H;/q-1;+1. The molecule has 0 atom stereocenters. The van der Waals surface area contributed by atoms with Gasteiger partial charge < -0.3 is 0 Å². The van der Waals surface area contributed by atoms with Gasteiger partial charge in [0, 0.05) is 0 Å². The maximum atomic E-state index is 3.00. The van der Waals surface area contributed by atoms with Gasteiger partial charge in [-0.25, -0.2) is 0 Å². The topological polar surface area (TPSA) is 0 Å². The van der Waals surface area contributed by atoms with Gasteiger partial charge in [0.2, 0.25) is 0 Å². The van der Waals surface area contributed by atoms with Crippen LogP contribution >= 0.6 is 0 Å². The minimum absolute atomic E-state index is 0. The summed E-state index contributed by atoms with van der Waals surface area (Å²) in [4.78, 5) is 0. The summed E-state index contributed by atoms with van der Waals surface area (Å²) in [6.45, 7) is 0. The van der Waals surface area contributed by atoms with Gasteiger partial charge in [0.05, 0.1) is 0 Å². The Morgan fingerprint density at radius 3 is 1.85 bits per heavy atom. The van der Waals surface area contributed by atoms with Crippen LogP contribution in [-0.2, 0) is 19.5 Å². The fraction of sp³-hybridized carbons (Fsp3) is 0. The Hall–Kier alpha value is -0.937.